The summed E-state index contributed by atoms with van der Waals surface area (Å²) in [5, 5.41) is 0.611. The van der Waals surface area contributed by atoms with Gasteiger partial charge in [-0.3, -0.25) is 4.79 Å². The summed E-state index contributed by atoms with van der Waals surface area (Å²) in [6, 6.07) is 8.14. The van der Waals surface area contributed by atoms with Gasteiger partial charge in [0.05, 0.1) is 17.5 Å². The quantitative estimate of drug-likeness (QED) is 0.587. The van der Waals surface area contributed by atoms with Gasteiger partial charge in [-0.1, -0.05) is 57.0 Å². The molecule has 0 N–H and O–H groups in total. The number of fused-ring (bicyclic) bond motifs is 1. The van der Waals surface area contributed by atoms with E-state index in [4.69, 9.17) is 0 Å². The lowest BCUT2D eigenvalue weighted by molar-refractivity contribution is -0.117. The summed E-state index contributed by atoms with van der Waals surface area (Å²) in [6.07, 6.45) is 6.75. The van der Waals surface area contributed by atoms with Gasteiger partial charge in [0.1, 0.15) is 0 Å². The number of amides is 1. The first kappa shape index (κ1) is 21.4. The summed E-state index contributed by atoms with van der Waals surface area (Å²) >= 11 is 1.45. The van der Waals surface area contributed by atoms with Crippen LogP contribution in [0.5, 0.6) is 0 Å². The molecule has 0 unspecified atom stereocenters. The van der Waals surface area contributed by atoms with Crippen LogP contribution in [0.4, 0.5) is 5.69 Å². The van der Waals surface area contributed by atoms with Gasteiger partial charge < -0.3 is 4.90 Å². The second kappa shape index (κ2) is 9.44. The van der Waals surface area contributed by atoms with E-state index in [2.05, 4.69) is 31.0 Å². The largest absolute Gasteiger partial charge is 0.316 e. The van der Waals surface area contributed by atoms with Crippen molar-refractivity contribution in [2.75, 3.05) is 16.4 Å². The molecule has 2 saturated heterocycles. The van der Waals surface area contributed by atoms with Gasteiger partial charge in [0.2, 0.25) is 5.91 Å². The second-order valence-corrected chi connectivity index (χ2v) is 11.0. The summed E-state index contributed by atoms with van der Waals surface area (Å²) in [4.78, 5) is 18.7. The van der Waals surface area contributed by atoms with Crippen molar-refractivity contribution in [1.29, 1.82) is 0 Å². The zero-order valence-electron chi connectivity index (χ0n) is 16.8. The van der Waals surface area contributed by atoms with Gasteiger partial charge in [-0.2, -0.15) is 4.99 Å². The minimum Gasteiger partial charge on any atom is -0.316 e. The fraction of sp³-hybridized carbons (Fsp3) is 0.619. The summed E-state index contributed by atoms with van der Waals surface area (Å²) in [6.45, 7) is 4.29. The Morgan fingerprint density at radius 2 is 1.82 bits per heavy atom. The minimum atomic E-state index is -3.04. The van der Waals surface area contributed by atoms with Gasteiger partial charge in [0, 0.05) is 17.4 Å². The highest BCUT2D eigenvalue weighted by Gasteiger charge is 2.49. The molecule has 0 spiro atoms. The lowest BCUT2D eigenvalue weighted by Crippen LogP contribution is -2.37. The number of hydrogen-bond acceptors (Lipinski definition) is 4. The van der Waals surface area contributed by atoms with Crippen molar-refractivity contribution in [3.63, 3.8) is 0 Å². The SMILES string of the molecule is CCCCCC(=O)N=C1S[C@H]2CS(=O)(=O)C[C@@H]2N1c1ccc(CCCC)cc1. The number of unbranched alkanes of at least 4 members (excludes halogenated alkanes) is 3. The molecule has 1 amide bonds. The van der Waals surface area contributed by atoms with Crippen molar-refractivity contribution in [2.24, 2.45) is 4.99 Å². The summed E-state index contributed by atoms with van der Waals surface area (Å²) in [7, 11) is -3.04. The van der Waals surface area contributed by atoms with Crippen molar-refractivity contribution in [2.45, 2.75) is 70.1 Å². The molecule has 154 valence electrons. The third kappa shape index (κ3) is 5.17. The number of carbonyl (C=O) groups is 1. The summed E-state index contributed by atoms with van der Waals surface area (Å²) < 4.78 is 24.3. The number of aliphatic imine (C=N–C) groups is 1. The molecule has 28 heavy (non-hydrogen) atoms. The first-order chi connectivity index (χ1) is 13.4. The van der Waals surface area contributed by atoms with E-state index in [0.29, 0.717) is 11.6 Å². The lowest BCUT2D eigenvalue weighted by Gasteiger charge is -2.24. The smallest absolute Gasteiger partial charge is 0.248 e. The number of benzene rings is 1. The average molecular weight is 423 g/mol. The van der Waals surface area contributed by atoms with Gasteiger partial charge in [-0.05, 0) is 37.0 Å². The summed E-state index contributed by atoms with van der Waals surface area (Å²) in [5.74, 6) is 0.185. The number of hydrogen-bond donors (Lipinski definition) is 0. The van der Waals surface area contributed by atoms with E-state index in [0.717, 1.165) is 44.2 Å². The molecule has 2 aliphatic heterocycles. The fourth-order valence-electron chi connectivity index (χ4n) is 3.76. The molecule has 5 nitrogen and oxygen atoms in total. The predicted octanol–water partition coefficient (Wildman–Crippen LogP) is 4.21. The third-order valence-electron chi connectivity index (χ3n) is 5.31. The van der Waals surface area contributed by atoms with Crippen LogP contribution in [0.15, 0.2) is 29.3 Å². The van der Waals surface area contributed by atoms with Gasteiger partial charge in [0.15, 0.2) is 15.0 Å². The highest BCUT2D eigenvalue weighted by atomic mass is 32.2. The van der Waals surface area contributed by atoms with Crippen LogP contribution in [0.3, 0.4) is 0 Å². The fourth-order valence-corrected chi connectivity index (χ4v) is 7.69. The Balaban J connectivity index is 1.82. The number of nitrogens with zero attached hydrogens (tertiary/aromatic N) is 2. The first-order valence-corrected chi connectivity index (χ1v) is 13.0. The molecule has 0 radical (unpaired) electrons. The molecule has 0 aliphatic carbocycles. The number of amidine groups is 1. The van der Waals surface area contributed by atoms with Gasteiger partial charge in [-0.15, -0.1) is 0 Å². The Morgan fingerprint density at radius 3 is 2.50 bits per heavy atom. The molecule has 0 saturated carbocycles. The van der Waals surface area contributed by atoms with Crippen molar-refractivity contribution in [3.8, 4) is 0 Å². The summed E-state index contributed by atoms with van der Waals surface area (Å²) in [5.41, 5.74) is 2.21. The average Bonchev–Trinajstić information content (AvgIpc) is 3.11. The van der Waals surface area contributed by atoms with Crippen molar-refractivity contribution < 1.29 is 13.2 Å². The molecule has 2 atom stereocenters. The molecular weight excluding hydrogens is 392 g/mol. The first-order valence-electron chi connectivity index (χ1n) is 10.3. The number of thioether (sulfide) groups is 1. The molecule has 2 aliphatic rings. The van der Waals surface area contributed by atoms with Crippen molar-refractivity contribution in [1.82, 2.24) is 0 Å². The van der Waals surface area contributed by atoms with E-state index >= 15 is 0 Å². The monoisotopic (exact) mass is 422 g/mol. The normalized spacial score (nSPS) is 24.6. The number of aryl methyl sites for hydroxylation is 1. The van der Waals surface area contributed by atoms with Crippen LogP contribution in [0.1, 0.15) is 57.9 Å². The number of carbonyl (C=O) groups excluding carboxylic acids is 1. The maximum atomic E-state index is 12.3. The molecule has 2 fully saturated rings. The Bertz CT molecular complexity index is 819. The van der Waals surface area contributed by atoms with Crippen LogP contribution < -0.4 is 4.90 Å². The Kier molecular flexibility index (Phi) is 7.20. The van der Waals surface area contributed by atoms with Crippen LogP contribution >= 0.6 is 11.8 Å². The maximum absolute atomic E-state index is 12.3. The highest BCUT2D eigenvalue weighted by molar-refractivity contribution is 8.16. The molecule has 1 aromatic rings. The topological polar surface area (TPSA) is 66.8 Å². The zero-order valence-corrected chi connectivity index (χ0v) is 18.4. The maximum Gasteiger partial charge on any atom is 0.248 e. The predicted molar refractivity (Wildman–Crippen MR) is 118 cm³/mol. The minimum absolute atomic E-state index is 0.0491. The zero-order chi connectivity index (χ0) is 20.1. The van der Waals surface area contributed by atoms with Crippen LogP contribution in [0, 0.1) is 0 Å². The third-order valence-corrected chi connectivity index (χ3v) is 8.52. The van der Waals surface area contributed by atoms with Crippen LogP contribution in [-0.2, 0) is 21.1 Å². The van der Waals surface area contributed by atoms with E-state index < -0.39 is 9.84 Å². The molecule has 1 aromatic carbocycles. The van der Waals surface area contributed by atoms with E-state index in [1.54, 1.807) is 0 Å². The molecule has 0 aromatic heterocycles. The molecular formula is C21H30N2O3S2. The lowest BCUT2D eigenvalue weighted by atomic mass is 10.1. The number of sulfone groups is 1. The van der Waals surface area contributed by atoms with Crippen LogP contribution in [0.2, 0.25) is 0 Å². The molecule has 2 heterocycles. The molecule has 0 bridgehead atoms. The van der Waals surface area contributed by atoms with Crippen LogP contribution in [-0.4, -0.2) is 42.3 Å². The standard InChI is InChI=1S/C21H30N2O3S2/c1-3-5-7-9-20(24)22-21-23(18-14-28(25,26)15-19(18)27-21)17-12-10-16(11-13-17)8-6-4-2/h10-13,18-19H,3-9,14-15H2,1-2H3/t18-,19-/m0/s1. The molecule has 7 heteroatoms. The second-order valence-electron chi connectivity index (χ2n) is 7.69. The van der Waals surface area contributed by atoms with E-state index in [1.807, 2.05) is 17.0 Å². The Hall–Kier alpha value is -1.34. The Morgan fingerprint density at radius 1 is 1.11 bits per heavy atom. The van der Waals surface area contributed by atoms with Crippen molar-refractivity contribution in [3.05, 3.63) is 29.8 Å². The van der Waals surface area contributed by atoms with E-state index in [9.17, 15) is 13.2 Å². The van der Waals surface area contributed by atoms with Gasteiger partial charge in [-0.25, -0.2) is 8.42 Å². The van der Waals surface area contributed by atoms with E-state index in [1.165, 1.54) is 17.3 Å². The van der Waals surface area contributed by atoms with Crippen LogP contribution in [0.25, 0.3) is 0 Å². The van der Waals surface area contributed by atoms with Crippen molar-refractivity contribution >= 4 is 38.4 Å². The number of rotatable bonds is 8. The van der Waals surface area contributed by atoms with Gasteiger partial charge >= 0.3 is 0 Å². The van der Waals surface area contributed by atoms with Gasteiger partial charge in [0.25, 0.3) is 0 Å². The highest BCUT2D eigenvalue weighted by Crippen LogP contribution is 2.41. The Labute approximate surface area is 172 Å². The molecule has 3 rings (SSSR count). The van der Waals surface area contributed by atoms with E-state index in [-0.39, 0.29) is 28.7 Å². The number of anilines is 1.